The van der Waals surface area contributed by atoms with Crippen LogP contribution in [0.15, 0.2) is 54.6 Å². The molecular weight excluding hydrogens is 292 g/mol. The highest BCUT2D eigenvalue weighted by Gasteiger charge is 2.27. The van der Waals surface area contributed by atoms with E-state index < -0.39 is 0 Å². The third-order valence-corrected chi connectivity index (χ3v) is 3.68. The molecule has 116 valence electrons. The van der Waals surface area contributed by atoms with E-state index in [1.54, 1.807) is 36.4 Å². The van der Waals surface area contributed by atoms with Gasteiger partial charge in [-0.3, -0.25) is 19.3 Å². The number of anilines is 2. The Hall–Kier alpha value is -2.95. The van der Waals surface area contributed by atoms with Gasteiger partial charge in [-0.1, -0.05) is 24.3 Å². The Morgan fingerprint density at radius 2 is 1.61 bits per heavy atom. The molecule has 0 saturated carbocycles. The summed E-state index contributed by atoms with van der Waals surface area (Å²) in [5.74, 6) is -0.723. The fourth-order valence-electron chi connectivity index (χ4n) is 2.55. The third kappa shape index (κ3) is 3.29. The molecule has 5 nitrogen and oxygen atoms in total. The molecule has 1 saturated heterocycles. The summed E-state index contributed by atoms with van der Waals surface area (Å²) in [7, 11) is 0. The molecule has 0 spiro atoms. The van der Waals surface area contributed by atoms with Crippen molar-refractivity contribution in [1.29, 1.82) is 0 Å². The molecule has 0 aliphatic carbocycles. The predicted octanol–water partition coefficient (Wildman–Crippen LogP) is 2.98. The first-order valence-electron chi connectivity index (χ1n) is 7.47. The molecular formula is C18H16N2O3. The van der Waals surface area contributed by atoms with Crippen molar-refractivity contribution < 1.29 is 14.4 Å². The predicted molar refractivity (Wildman–Crippen MR) is 87.2 cm³/mol. The molecule has 2 aromatic rings. The third-order valence-electron chi connectivity index (χ3n) is 3.68. The van der Waals surface area contributed by atoms with Gasteiger partial charge in [0.1, 0.15) is 0 Å². The number of nitrogens with zero attached hydrogens (tertiary/aromatic N) is 1. The Morgan fingerprint density at radius 1 is 0.913 bits per heavy atom. The van der Waals surface area contributed by atoms with Crippen LogP contribution in [0.2, 0.25) is 0 Å². The first-order chi connectivity index (χ1) is 11.1. The Balaban J connectivity index is 1.83. The average molecular weight is 308 g/mol. The molecule has 0 bridgehead atoms. The number of hydrogen-bond acceptors (Lipinski definition) is 3. The Bertz CT molecular complexity index is 740. The number of carbonyl (C=O) groups excluding carboxylic acids is 3. The molecule has 1 aliphatic heterocycles. The second-order valence-electron chi connectivity index (χ2n) is 5.35. The van der Waals surface area contributed by atoms with Crippen LogP contribution in [0.3, 0.4) is 0 Å². The Kier molecular flexibility index (Phi) is 4.19. The molecule has 5 heteroatoms. The van der Waals surface area contributed by atoms with Crippen LogP contribution in [-0.4, -0.2) is 17.7 Å². The summed E-state index contributed by atoms with van der Waals surface area (Å²) in [4.78, 5) is 37.4. The molecule has 23 heavy (non-hydrogen) atoms. The van der Waals surface area contributed by atoms with Crippen molar-refractivity contribution in [2.24, 2.45) is 0 Å². The zero-order valence-electron chi connectivity index (χ0n) is 12.5. The van der Waals surface area contributed by atoms with Crippen molar-refractivity contribution in [3.05, 3.63) is 60.2 Å². The minimum atomic E-state index is -0.282. The molecule has 0 radical (unpaired) electrons. The van der Waals surface area contributed by atoms with E-state index in [4.69, 9.17) is 0 Å². The quantitative estimate of drug-likeness (QED) is 0.886. The summed E-state index contributed by atoms with van der Waals surface area (Å²) >= 11 is 0. The van der Waals surface area contributed by atoms with Crippen molar-refractivity contribution in [2.75, 3.05) is 10.2 Å². The van der Waals surface area contributed by atoms with E-state index >= 15 is 0 Å². The zero-order valence-corrected chi connectivity index (χ0v) is 12.5. The van der Waals surface area contributed by atoms with E-state index in [1.807, 2.05) is 18.2 Å². The summed E-state index contributed by atoms with van der Waals surface area (Å²) in [6.45, 7) is 0. The van der Waals surface area contributed by atoms with Gasteiger partial charge in [-0.05, 0) is 36.8 Å². The Morgan fingerprint density at radius 3 is 2.30 bits per heavy atom. The molecule has 1 aliphatic rings. The first kappa shape index (κ1) is 15.0. The fourth-order valence-corrected chi connectivity index (χ4v) is 2.55. The maximum absolute atomic E-state index is 12.3. The number of rotatable bonds is 3. The number of nitrogens with one attached hydrogen (secondary N) is 1. The fraction of sp³-hybridized carbons (Fsp3) is 0.167. The summed E-state index contributed by atoms with van der Waals surface area (Å²) in [5, 5.41) is 2.78. The van der Waals surface area contributed by atoms with Crippen molar-refractivity contribution in [2.45, 2.75) is 19.3 Å². The molecule has 3 rings (SSSR count). The highest BCUT2D eigenvalue weighted by Crippen LogP contribution is 2.23. The van der Waals surface area contributed by atoms with Crippen molar-refractivity contribution in [3.8, 4) is 0 Å². The standard InChI is InChI=1S/C18H16N2O3/c21-16-10-5-11-17(22)20(16)15-9-4-6-13(12-15)18(23)19-14-7-2-1-3-8-14/h1-4,6-9,12H,5,10-11H2,(H,19,23). The number of hydrogen-bond donors (Lipinski definition) is 1. The van der Waals surface area contributed by atoms with Crippen LogP contribution in [0, 0.1) is 0 Å². The SMILES string of the molecule is O=C(Nc1ccccc1)c1cccc(N2C(=O)CCCC2=O)c1. The smallest absolute Gasteiger partial charge is 0.255 e. The summed E-state index contributed by atoms with van der Waals surface area (Å²) in [6.07, 6.45) is 1.29. The lowest BCUT2D eigenvalue weighted by Crippen LogP contribution is -2.40. The van der Waals surface area contributed by atoms with E-state index in [-0.39, 0.29) is 17.7 Å². The molecule has 1 N–H and O–H groups in total. The van der Waals surface area contributed by atoms with Gasteiger partial charge in [0.2, 0.25) is 11.8 Å². The van der Waals surface area contributed by atoms with Gasteiger partial charge < -0.3 is 5.32 Å². The molecule has 2 aromatic carbocycles. The van der Waals surface area contributed by atoms with Gasteiger partial charge in [-0.25, -0.2) is 0 Å². The summed E-state index contributed by atoms with van der Waals surface area (Å²) in [6, 6.07) is 15.7. The minimum Gasteiger partial charge on any atom is -0.322 e. The van der Waals surface area contributed by atoms with E-state index in [9.17, 15) is 14.4 Å². The molecule has 1 heterocycles. The molecule has 0 atom stereocenters. The molecule has 0 aromatic heterocycles. The molecule has 1 fully saturated rings. The van der Waals surface area contributed by atoms with E-state index in [0.29, 0.717) is 36.2 Å². The average Bonchev–Trinajstić information content (AvgIpc) is 2.56. The number of amides is 3. The van der Waals surface area contributed by atoms with Gasteiger partial charge in [0, 0.05) is 24.1 Å². The van der Waals surface area contributed by atoms with Crippen molar-refractivity contribution >= 4 is 29.1 Å². The zero-order chi connectivity index (χ0) is 16.2. The lowest BCUT2D eigenvalue weighted by Gasteiger charge is -2.25. The lowest BCUT2D eigenvalue weighted by atomic mass is 10.1. The van der Waals surface area contributed by atoms with Crippen LogP contribution < -0.4 is 10.2 Å². The van der Waals surface area contributed by atoms with Gasteiger partial charge in [0.05, 0.1) is 5.69 Å². The maximum atomic E-state index is 12.3. The number of imide groups is 1. The highest BCUT2D eigenvalue weighted by atomic mass is 16.2. The second-order valence-corrected chi connectivity index (χ2v) is 5.35. The maximum Gasteiger partial charge on any atom is 0.255 e. The van der Waals surface area contributed by atoms with Gasteiger partial charge in [0.25, 0.3) is 5.91 Å². The number of benzene rings is 2. The van der Waals surface area contributed by atoms with Gasteiger partial charge in [-0.2, -0.15) is 0 Å². The summed E-state index contributed by atoms with van der Waals surface area (Å²) in [5.41, 5.74) is 1.53. The normalized spacial score (nSPS) is 14.7. The van der Waals surface area contributed by atoms with E-state index in [0.717, 1.165) is 0 Å². The largest absolute Gasteiger partial charge is 0.322 e. The first-order valence-corrected chi connectivity index (χ1v) is 7.47. The van der Waals surface area contributed by atoms with Crippen LogP contribution in [0.1, 0.15) is 29.6 Å². The van der Waals surface area contributed by atoms with Gasteiger partial charge in [-0.15, -0.1) is 0 Å². The van der Waals surface area contributed by atoms with Gasteiger partial charge >= 0.3 is 0 Å². The van der Waals surface area contributed by atoms with Crippen molar-refractivity contribution in [1.82, 2.24) is 0 Å². The molecule has 0 unspecified atom stereocenters. The van der Waals surface area contributed by atoms with E-state index in [1.165, 1.54) is 4.90 Å². The van der Waals surface area contributed by atoms with Crippen LogP contribution in [0.25, 0.3) is 0 Å². The second kappa shape index (κ2) is 6.44. The minimum absolute atomic E-state index is 0.220. The molecule has 3 amide bonds. The van der Waals surface area contributed by atoms with Crippen LogP contribution >= 0.6 is 0 Å². The number of para-hydroxylation sites is 1. The van der Waals surface area contributed by atoms with Crippen LogP contribution in [-0.2, 0) is 9.59 Å². The topological polar surface area (TPSA) is 66.5 Å². The van der Waals surface area contributed by atoms with E-state index in [2.05, 4.69) is 5.32 Å². The highest BCUT2D eigenvalue weighted by molar-refractivity contribution is 6.17. The monoisotopic (exact) mass is 308 g/mol. The van der Waals surface area contributed by atoms with Crippen LogP contribution in [0.4, 0.5) is 11.4 Å². The Labute approximate surface area is 133 Å². The van der Waals surface area contributed by atoms with Crippen molar-refractivity contribution in [3.63, 3.8) is 0 Å². The number of piperidine rings is 1. The van der Waals surface area contributed by atoms with Crippen LogP contribution in [0.5, 0.6) is 0 Å². The van der Waals surface area contributed by atoms with Gasteiger partial charge in [0.15, 0.2) is 0 Å². The summed E-state index contributed by atoms with van der Waals surface area (Å²) < 4.78 is 0. The lowest BCUT2D eigenvalue weighted by molar-refractivity contribution is -0.129. The number of carbonyl (C=O) groups is 3.